The highest BCUT2D eigenvalue weighted by atomic mass is 16.2. The predicted molar refractivity (Wildman–Crippen MR) is 79.2 cm³/mol. The Balaban J connectivity index is 1.81. The number of nitrogens with one attached hydrogen (secondary N) is 1. The van der Waals surface area contributed by atoms with Crippen molar-refractivity contribution in [1.82, 2.24) is 10.2 Å². The van der Waals surface area contributed by atoms with E-state index in [9.17, 15) is 9.59 Å². The van der Waals surface area contributed by atoms with Crippen LogP contribution in [-0.4, -0.2) is 35.3 Å². The monoisotopic (exact) mass is 280 g/mol. The van der Waals surface area contributed by atoms with E-state index in [0.29, 0.717) is 6.42 Å². The molecular formula is C16H28N2O2. The Morgan fingerprint density at radius 2 is 1.85 bits per heavy atom. The average molecular weight is 280 g/mol. The summed E-state index contributed by atoms with van der Waals surface area (Å²) >= 11 is 0. The van der Waals surface area contributed by atoms with Gasteiger partial charge in [0.1, 0.15) is 0 Å². The lowest BCUT2D eigenvalue weighted by atomic mass is 10.0. The molecule has 0 spiro atoms. The van der Waals surface area contributed by atoms with Gasteiger partial charge in [-0.3, -0.25) is 14.5 Å². The number of likely N-dealkylation sites (tertiary alicyclic amines) is 1. The fourth-order valence-electron chi connectivity index (χ4n) is 3.61. The van der Waals surface area contributed by atoms with Crippen molar-refractivity contribution in [3.8, 4) is 0 Å². The molecule has 1 aliphatic heterocycles. The highest BCUT2D eigenvalue weighted by Gasteiger charge is 2.40. The topological polar surface area (TPSA) is 49.4 Å². The van der Waals surface area contributed by atoms with Crippen LogP contribution in [-0.2, 0) is 9.59 Å². The van der Waals surface area contributed by atoms with Gasteiger partial charge in [0.15, 0.2) is 0 Å². The minimum Gasteiger partial charge on any atom is -0.305 e. The first-order valence-corrected chi connectivity index (χ1v) is 8.26. The van der Waals surface area contributed by atoms with Crippen LogP contribution in [0.25, 0.3) is 0 Å². The molecule has 0 bridgehead atoms. The maximum atomic E-state index is 12.3. The molecule has 1 saturated carbocycles. The zero-order chi connectivity index (χ0) is 14.5. The zero-order valence-corrected chi connectivity index (χ0v) is 12.9. The van der Waals surface area contributed by atoms with Crippen molar-refractivity contribution in [2.24, 2.45) is 5.92 Å². The second-order valence-electron chi connectivity index (χ2n) is 6.22. The van der Waals surface area contributed by atoms with E-state index in [1.54, 1.807) is 0 Å². The number of carbonyl (C=O) groups excluding carboxylic acids is 2. The highest BCUT2D eigenvalue weighted by Crippen LogP contribution is 2.27. The van der Waals surface area contributed by atoms with Crippen molar-refractivity contribution >= 4 is 11.8 Å². The second-order valence-corrected chi connectivity index (χ2v) is 6.22. The predicted octanol–water partition coefficient (Wildman–Crippen LogP) is 2.47. The first kappa shape index (κ1) is 15.5. The fourth-order valence-corrected chi connectivity index (χ4v) is 3.61. The van der Waals surface area contributed by atoms with Crippen LogP contribution < -0.4 is 5.32 Å². The van der Waals surface area contributed by atoms with Gasteiger partial charge in [-0.15, -0.1) is 0 Å². The molecule has 2 rings (SSSR count). The number of imide groups is 1. The van der Waals surface area contributed by atoms with Crippen LogP contribution in [0, 0.1) is 5.92 Å². The molecule has 1 aliphatic carbocycles. The summed E-state index contributed by atoms with van der Waals surface area (Å²) < 4.78 is 0. The van der Waals surface area contributed by atoms with Crippen LogP contribution in [0.2, 0.25) is 0 Å². The smallest absolute Gasteiger partial charge is 0.247 e. The number of nitrogens with zero attached hydrogens (tertiary/aromatic N) is 1. The summed E-state index contributed by atoms with van der Waals surface area (Å²) in [5.74, 6) is 0.821. The Kier molecular flexibility index (Phi) is 5.58. The summed E-state index contributed by atoms with van der Waals surface area (Å²) in [6, 6.07) is -0.193. The Morgan fingerprint density at radius 1 is 1.20 bits per heavy atom. The SMILES string of the molecule is CCC(CC)N1C(=O)CC(NCCC2CCCC2)C1=O. The summed E-state index contributed by atoms with van der Waals surface area (Å²) in [5, 5.41) is 3.31. The molecule has 0 aromatic rings. The normalized spacial score (nSPS) is 24.4. The van der Waals surface area contributed by atoms with E-state index in [1.807, 2.05) is 13.8 Å². The molecule has 1 unspecified atom stereocenters. The molecule has 4 heteroatoms. The molecule has 1 heterocycles. The van der Waals surface area contributed by atoms with E-state index in [0.717, 1.165) is 31.7 Å². The summed E-state index contributed by atoms with van der Waals surface area (Å²) in [7, 11) is 0. The Bertz CT molecular complexity index is 346. The third-order valence-corrected chi connectivity index (χ3v) is 4.91. The molecule has 2 amide bonds. The van der Waals surface area contributed by atoms with Gasteiger partial charge in [-0.25, -0.2) is 0 Å². The number of hydrogen-bond acceptors (Lipinski definition) is 3. The molecule has 20 heavy (non-hydrogen) atoms. The lowest BCUT2D eigenvalue weighted by molar-refractivity contribution is -0.141. The van der Waals surface area contributed by atoms with Crippen molar-refractivity contribution in [3.05, 3.63) is 0 Å². The lowest BCUT2D eigenvalue weighted by Crippen LogP contribution is -2.43. The highest BCUT2D eigenvalue weighted by molar-refractivity contribution is 6.05. The van der Waals surface area contributed by atoms with Crippen molar-refractivity contribution in [1.29, 1.82) is 0 Å². The van der Waals surface area contributed by atoms with Gasteiger partial charge in [-0.2, -0.15) is 0 Å². The van der Waals surface area contributed by atoms with Crippen molar-refractivity contribution in [2.75, 3.05) is 6.54 Å². The zero-order valence-electron chi connectivity index (χ0n) is 12.9. The maximum Gasteiger partial charge on any atom is 0.247 e. The van der Waals surface area contributed by atoms with E-state index in [2.05, 4.69) is 5.32 Å². The third kappa shape index (κ3) is 3.40. The van der Waals surface area contributed by atoms with Crippen LogP contribution in [0.15, 0.2) is 0 Å². The van der Waals surface area contributed by atoms with Gasteiger partial charge >= 0.3 is 0 Å². The summed E-state index contributed by atoms with van der Waals surface area (Å²) in [6.45, 7) is 4.94. The molecule has 114 valence electrons. The molecule has 4 nitrogen and oxygen atoms in total. The second kappa shape index (κ2) is 7.21. The standard InChI is InChI=1S/C16H28N2O2/c1-3-13(4-2)18-15(19)11-14(16(18)20)17-10-9-12-7-5-6-8-12/h12-14,17H,3-11H2,1-2H3. The first-order chi connectivity index (χ1) is 9.67. The molecule has 0 radical (unpaired) electrons. The third-order valence-electron chi connectivity index (χ3n) is 4.91. The van der Waals surface area contributed by atoms with Gasteiger partial charge in [-0.05, 0) is 31.7 Å². The van der Waals surface area contributed by atoms with Crippen LogP contribution in [0.5, 0.6) is 0 Å². The van der Waals surface area contributed by atoms with Crippen molar-refractivity contribution in [2.45, 2.75) is 77.3 Å². The van der Waals surface area contributed by atoms with Gasteiger partial charge in [0.2, 0.25) is 11.8 Å². The van der Waals surface area contributed by atoms with Crippen molar-refractivity contribution in [3.63, 3.8) is 0 Å². The molecule has 1 atom stereocenters. The summed E-state index contributed by atoms with van der Waals surface area (Å²) in [4.78, 5) is 25.9. The minimum absolute atomic E-state index is 0.00191. The molecule has 2 fully saturated rings. The quantitative estimate of drug-likeness (QED) is 0.729. The van der Waals surface area contributed by atoms with Gasteiger partial charge in [0.05, 0.1) is 12.5 Å². The van der Waals surface area contributed by atoms with Crippen LogP contribution in [0.1, 0.15) is 65.2 Å². The van der Waals surface area contributed by atoms with Crippen molar-refractivity contribution < 1.29 is 9.59 Å². The molecule has 0 aromatic heterocycles. The van der Waals surface area contributed by atoms with E-state index < -0.39 is 0 Å². The van der Waals surface area contributed by atoms with Gasteiger partial charge in [0.25, 0.3) is 0 Å². The molecule has 0 aromatic carbocycles. The first-order valence-electron chi connectivity index (χ1n) is 8.26. The van der Waals surface area contributed by atoms with E-state index in [-0.39, 0.29) is 23.9 Å². The Labute approximate surface area is 122 Å². The van der Waals surface area contributed by atoms with Gasteiger partial charge in [0, 0.05) is 6.04 Å². The van der Waals surface area contributed by atoms with Gasteiger partial charge < -0.3 is 5.32 Å². The average Bonchev–Trinajstić information content (AvgIpc) is 3.04. The lowest BCUT2D eigenvalue weighted by Gasteiger charge is -2.24. The van der Waals surface area contributed by atoms with E-state index in [4.69, 9.17) is 0 Å². The number of hydrogen-bond donors (Lipinski definition) is 1. The van der Waals surface area contributed by atoms with Crippen LogP contribution in [0.3, 0.4) is 0 Å². The number of amides is 2. The van der Waals surface area contributed by atoms with E-state index in [1.165, 1.54) is 30.6 Å². The van der Waals surface area contributed by atoms with Gasteiger partial charge in [-0.1, -0.05) is 39.5 Å². The number of carbonyl (C=O) groups is 2. The maximum absolute atomic E-state index is 12.3. The Morgan fingerprint density at radius 3 is 2.45 bits per heavy atom. The summed E-state index contributed by atoms with van der Waals surface area (Å²) in [5.41, 5.74) is 0. The molecule has 1 saturated heterocycles. The largest absolute Gasteiger partial charge is 0.305 e. The molecule has 2 aliphatic rings. The minimum atomic E-state index is -0.274. The van der Waals surface area contributed by atoms with E-state index >= 15 is 0 Å². The summed E-state index contributed by atoms with van der Waals surface area (Å²) in [6.07, 6.45) is 8.56. The molecular weight excluding hydrogens is 252 g/mol. The molecule has 1 N–H and O–H groups in total. The van der Waals surface area contributed by atoms with Crippen LogP contribution in [0.4, 0.5) is 0 Å². The van der Waals surface area contributed by atoms with Crippen LogP contribution >= 0.6 is 0 Å². The fraction of sp³-hybridized carbons (Fsp3) is 0.875. The Hall–Kier alpha value is -0.900. The number of rotatable bonds is 7.